The summed E-state index contributed by atoms with van der Waals surface area (Å²) < 4.78 is 0. The van der Waals surface area contributed by atoms with Crippen LogP contribution in [0.3, 0.4) is 0 Å². The quantitative estimate of drug-likeness (QED) is 0.786. The molecule has 0 aromatic carbocycles. The lowest BCUT2D eigenvalue weighted by Crippen LogP contribution is -2.37. The van der Waals surface area contributed by atoms with Crippen molar-refractivity contribution in [2.45, 2.75) is 39.2 Å². The first-order valence-electron chi connectivity index (χ1n) is 5.53. The van der Waals surface area contributed by atoms with Crippen LogP contribution in [0.25, 0.3) is 0 Å². The van der Waals surface area contributed by atoms with Gasteiger partial charge in [-0.25, -0.2) is 4.98 Å². The molecule has 5 heteroatoms. The van der Waals surface area contributed by atoms with E-state index in [-0.39, 0.29) is 18.6 Å². The summed E-state index contributed by atoms with van der Waals surface area (Å²) in [5.74, 6) is -0.0751. The Morgan fingerprint density at radius 3 is 2.88 bits per heavy atom. The monoisotopic (exact) mass is 242 g/mol. The molecule has 4 nitrogen and oxygen atoms in total. The van der Waals surface area contributed by atoms with Crippen molar-refractivity contribution in [3.63, 3.8) is 0 Å². The lowest BCUT2D eigenvalue weighted by atomic mass is 10.2. The Bertz CT molecular complexity index is 334. The Balaban J connectivity index is 2.44. The molecule has 1 unspecified atom stereocenters. The van der Waals surface area contributed by atoms with E-state index in [1.54, 1.807) is 11.3 Å². The van der Waals surface area contributed by atoms with Crippen molar-refractivity contribution < 1.29 is 9.90 Å². The highest BCUT2D eigenvalue weighted by atomic mass is 32.1. The number of aliphatic hydroxyl groups excluding tert-OH is 1. The lowest BCUT2D eigenvalue weighted by Gasteiger charge is -2.13. The first-order valence-corrected chi connectivity index (χ1v) is 6.41. The van der Waals surface area contributed by atoms with Crippen LogP contribution in [0.5, 0.6) is 0 Å². The number of hydrogen-bond donors (Lipinski definition) is 2. The van der Waals surface area contributed by atoms with Crippen LogP contribution in [-0.2, 0) is 17.6 Å². The maximum atomic E-state index is 11.6. The van der Waals surface area contributed by atoms with Gasteiger partial charge >= 0.3 is 0 Å². The van der Waals surface area contributed by atoms with Crippen LogP contribution in [0.4, 0.5) is 0 Å². The number of amides is 1. The number of thiazole rings is 1. The number of carbonyl (C=O) groups is 1. The normalized spacial score (nSPS) is 12.4. The molecule has 0 fully saturated rings. The molecule has 0 saturated heterocycles. The van der Waals surface area contributed by atoms with Crippen LogP contribution in [0.15, 0.2) is 5.38 Å². The van der Waals surface area contributed by atoms with Gasteiger partial charge in [0.2, 0.25) is 5.91 Å². The molecule has 0 bridgehead atoms. The van der Waals surface area contributed by atoms with E-state index in [9.17, 15) is 4.79 Å². The summed E-state index contributed by atoms with van der Waals surface area (Å²) in [4.78, 5) is 15.9. The predicted octanol–water partition coefficient (Wildman–Crippen LogP) is 1.14. The fraction of sp³-hybridized carbons (Fsp3) is 0.636. The maximum absolute atomic E-state index is 11.6. The third-order valence-electron chi connectivity index (χ3n) is 2.32. The van der Waals surface area contributed by atoms with Crippen molar-refractivity contribution in [1.29, 1.82) is 0 Å². The molecular formula is C11H18N2O2S. The van der Waals surface area contributed by atoms with E-state index in [0.717, 1.165) is 23.5 Å². The second kappa shape index (κ2) is 6.60. The molecule has 1 rings (SSSR count). The number of nitrogens with one attached hydrogen (secondary N) is 1. The first kappa shape index (κ1) is 13.1. The zero-order valence-corrected chi connectivity index (χ0v) is 10.5. The van der Waals surface area contributed by atoms with Gasteiger partial charge in [0.15, 0.2) is 0 Å². The number of hydrogen-bond acceptors (Lipinski definition) is 4. The van der Waals surface area contributed by atoms with Gasteiger partial charge in [-0.05, 0) is 12.8 Å². The third-order valence-corrected chi connectivity index (χ3v) is 3.36. The third kappa shape index (κ3) is 3.90. The molecule has 1 atom stereocenters. The van der Waals surface area contributed by atoms with Crippen LogP contribution in [0.1, 0.15) is 31.0 Å². The molecule has 2 N–H and O–H groups in total. The summed E-state index contributed by atoms with van der Waals surface area (Å²) in [6.45, 7) is 3.96. The number of aromatic nitrogens is 1. The van der Waals surface area contributed by atoms with Gasteiger partial charge in [0.05, 0.1) is 29.8 Å². The van der Waals surface area contributed by atoms with Crippen molar-refractivity contribution >= 4 is 17.2 Å². The molecule has 1 heterocycles. The Morgan fingerprint density at radius 1 is 1.62 bits per heavy atom. The van der Waals surface area contributed by atoms with E-state index in [1.165, 1.54) is 0 Å². The smallest absolute Gasteiger partial charge is 0.226 e. The van der Waals surface area contributed by atoms with E-state index < -0.39 is 0 Å². The van der Waals surface area contributed by atoms with Crippen LogP contribution in [-0.4, -0.2) is 28.6 Å². The topological polar surface area (TPSA) is 62.2 Å². The highest BCUT2D eigenvalue weighted by Crippen LogP contribution is 2.10. The maximum Gasteiger partial charge on any atom is 0.226 e. The van der Waals surface area contributed by atoms with Gasteiger partial charge in [-0.3, -0.25) is 4.79 Å². The Labute approximate surface area is 99.7 Å². The molecule has 0 radical (unpaired) electrons. The summed E-state index contributed by atoms with van der Waals surface area (Å²) >= 11 is 1.58. The highest BCUT2D eigenvalue weighted by Gasteiger charge is 2.11. The molecule has 0 aliphatic carbocycles. The van der Waals surface area contributed by atoms with Gasteiger partial charge in [-0.15, -0.1) is 11.3 Å². The summed E-state index contributed by atoms with van der Waals surface area (Å²) in [5.41, 5.74) is 0.812. The zero-order chi connectivity index (χ0) is 12.0. The van der Waals surface area contributed by atoms with Gasteiger partial charge in [0.25, 0.3) is 0 Å². The van der Waals surface area contributed by atoms with E-state index in [0.29, 0.717) is 6.42 Å². The molecular weight excluding hydrogens is 224 g/mol. The van der Waals surface area contributed by atoms with E-state index in [1.807, 2.05) is 19.2 Å². The number of nitrogens with zero attached hydrogens (tertiary/aromatic N) is 1. The molecule has 90 valence electrons. The van der Waals surface area contributed by atoms with Crippen molar-refractivity contribution in [2.75, 3.05) is 6.61 Å². The van der Waals surface area contributed by atoms with Gasteiger partial charge in [0, 0.05) is 5.38 Å². The second-order valence-electron chi connectivity index (χ2n) is 3.62. The van der Waals surface area contributed by atoms with Gasteiger partial charge in [0.1, 0.15) is 0 Å². The molecule has 0 spiro atoms. The molecule has 16 heavy (non-hydrogen) atoms. The van der Waals surface area contributed by atoms with E-state index in [2.05, 4.69) is 10.3 Å². The van der Waals surface area contributed by atoms with Crippen LogP contribution in [0.2, 0.25) is 0 Å². The minimum absolute atomic E-state index is 0.0144. The van der Waals surface area contributed by atoms with Crippen molar-refractivity contribution in [3.8, 4) is 0 Å². The fourth-order valence-corrected chi connectivity index (χ4v) is 2.06. The number of aryl methyl sites for hydroxylation is 1. The van der Waals surface area contributed by atoms with Gasteiger partial charge in [-0.2, -0.15) is 0 Å². The van der Waals surface area contributed by atoms with Crippen molar-refractivity contribution in [3.05, 3.63) is 16.1 Å². The minimum Gasteiger partial charge on any atom is -0.394 e. The zero-order valence-electron chi connectivity index (χ0n) is 9.69. The highest BCUT2D eigenvalue weighted by molar-refractivity contribution is 7.09. The van der Waals surface area contributed by atoms with Crippen LogP contribution < -0.4 is 5.32 Å². The summed E-state index contributed by atoms with van der Waals surface area (Å²) in [6.07, 6.45) is 1.94. The molecule has 0 saturated carbocycles. The largest absolute Gasteiger partial charge is 0.394 e. The van der Waals surface area contributed by atoms with Crippen LogP contribution >= 0.6 is 11.3 Å². The number of rotatable bonds is 6. The Hall–Kier alpha value is -0.940. The SMILES string of the molecule is CCc1nc(CC(=O)NC(CC)CO)cs1. The Morgan fingerprint density at radius 2 is 2.38 bits per heavy atom. The summed E-state index contributed by atoms with van der Waals surface area (Å²) in [6, 6.07) is -0.142. The van der Waals surface area contributed by atoms with Gasteiger partial charge < -0.3 is 10.4 Å². The first-order chi connectivity index (χ1) is 7.69. The Kier molecular flexibility index (Phi) is 5.42. The lowest BCUT2D eigenvalue weighted by molar-refractivity contribution is -0.121. The average molecular weight is 242 g/mol. The van der Waals surface area contributed by atoms with E-state index >= 15 is 0 Å². The minimum atomic E-state index is -0.142. The number of aliphatic hydroxyl groups is 1. The van der Waals surface area contributed by atoms with Crippen molar-refractivity contribution in [2.24, 2.45) is 0 Å². The number of carbonyl (C=O) groups excluding carboxylic acids is 1. The van der Waals surface area contributed by atoms with Crippen LogP contribution in [0, 0.1) is 0 Å². The summed E-state index contributed by atoms with van der Waals surface area (Å²) in [7, 11) is 0. The standard InChI is InChI=1S/C11H18N2O2S/c1-3-8(6-14)12-10(15)5-9-7-16-11(4-2)13-9/h7-8,14H,3-6H2,1-2H3,(H,12,15). The van der Waals surface area contributed by atoms with Gasteiger partial charge in [-0.1, -0.05) is 13.8 Å². The molecule has 0 aliphatic heterocycles. The predicted molar refractivity (Wildman–Crippen MR) is 64.5 cm³/mol. The summed E-state index contributed by atoms with van der Waals surface area (Å²) in [5, 5.41) is 14.7. The average Bonchev–Trinajstić information content (AvgIpc) is 2.73. The van der Waals surface area contributed by atoms with Crippen molar-refractivity contribution in [1.82, 2.24) is 10.3 Å². The molecule has 1 aromatic heterocycles. The molecule has 0 aliphatic rings. The molecule has 1 aromatic rings. The fourth-order valence-electron chi connectivity index (χ4n) is 1.31. The van der Waals surface area contributed by atoms with E-state index in [4.69, 9.17) is 5.11 Å². The second-order valence-corrected chi connectivity index (χ2v) is 4.56. The molecule has 1 amide bonds.